The van der Waals surface area contributed by atoms with E-state index in [1.165, 1.54) is 0 Å². The fourth-order valence-electron chi connectivity index (χ4n) is 4.03. The number of carbonyl (C=O) groups is 1. The molecule has 148 valence electrons. The summed E-state index contributed by atoms with van der Waals surface area (Å²) in [4.78, 5) is 41.2. The minimum Gasteiger partial charge on any atom is -0.343 e. The predicted molar refractivity (Wildman–Crippen MR) is 104 cm³/mol. The van der Waals surface area contributed by atoms with Gasteiger partial charge >= 0.3 is 11.4 Å². The van der Waals surface area contributed by atoms with Crippen molar-refractivity contribution in [1.82, 2.24) is 29.2 Å². The van der Waals surface area contributed by atoms with Gasteiger partial charge in [-0.1, -0.05) is 12.1 Å². The highest BCUT2D eigenvalue weighted by atomic mass is 16.2. The van der Waals surface area contributed by atoms with Crippen LogP contribution in [0.1, 0.15) is 37.9 Å². The number of amides is 1. The van der Waals surface area contributed by atoms with Crippen LogP contribution in [-0.2, 0) is 17.9 Å². The number of hydrogen-bond donors (Lipinski definition) is 2. The largest absolute Gasteiger partial charge is 0.343 e. The molecule has 1 aliphatic rings. The third-order valence-electron chi connectivity index (χ3n) is 5.55. The molecule has 0 saturated carbocycles. The molecule has 0 spiro atoms. The van der Waals surface area contributed by atoms with Gasteiger partial charge in [-0.05, 0) is 31.9 Å². The van der Waals surface area contributed by atoms with E-state index in [2.05, 4.69) is 15.2 Å². The van der Waals surface area contributed by atoms with Gasteiger partial charge in [0.05, 0.1) is 11.0 Å². The summed E-state index contributed by atoms with van der Waals surface area (Å²) in [5.41, 5.74) is 1.22. The van der Waals surface area contributed by atoms with Crippen LogP contribution < -0.4 is 11.4 Å². The summed E-state index contributed by atoms with van der Waals surface area (Å²) < 4.78 is 3.27. The van der Waals surface area contributed by atoms with E-state index in [0.29, 0.717) is 26.2 Å². The molecule has 9 nitrogen and oxygen atoms in total. The van der Waals surface area contributed by atoms with Crippen molar-refractivity contribution in [3.8, 4) is 0 Å². The molecule has 2 N–H and O–H groups in total. The van der Waals surface area contributed by atoms with Gasteiger partial charge in [-0.2, -0.15) is 5.10 Å². The molecular weight excluding hydrogens is 360 g/mol. The number of aryl methyl sites for hydroxylation is 1. The molecule has 3 heterocycles. The fourth-order valence-corrected chi connectivity index (χ4v) is 4.03. The van der Waals surface area contributed by atoms with E-state index in [9.17, 15) is 14.4 Å². The topological polar surface area (TPSA) is 109 Å². The number of nitrogens with zero attached hydrogens (tertiary/aromatic N) is 4. The Hall–Kier alpha value is -3.10. The van der Waals surface area contributed by atoms with Gasteiger partial charge in [0.25, 0.3) is 0 Å². The van der Waals surface area contributed by atoms with Crippen LogP contribution in [-0.4, -0.2) is 48.2 Å². The zero-order valence-electron chi connectivity index (χ0n) is 15.9. The molecule has 28 heavy (non-hydrogen) atoms. The van der Waals surface area contributed by atoms with E-state index in [-0.39, 0.29) is 29.6 Å². The Morgan fingerprint density at radius 1 is 1.14 bits per heavy atom. The molecule has 1 aromatic carbocycles. The van der Waals surface area contributed by atoms with Crippen molar-refractivity contribution >= 4 is 16.9 Å². The number of benzene rings is 1. The Morgan fingerprint density at radius 2 is 1.89 bits per heavy atom. The Labute approximate surface area is 161 Å². The van der Waals surface area contributed by atoms with E-state index in [0.717, 1.165) is 29.7 Å². The quantitative estimate of drug-likeness (QED) is 0.685. The average Bonchev–Trinajstić information content (AvgIpc) is 3.24. The summed E-state index contributed by atoms with van der Waals surface area (Å²) in [5.74, 6) is 1.01. The summed E-state index contributed by atoms with van der Waals surface area (Å²) >= 11 is 0. The van der Waals surface area contributed by atoms with E-state index < -0.39 is 0 Å². The second-order valence-corrected chi connectivity index (χ2v) is 7.14. The van der Waals surface area contributed by atoms with Gasteiger partial charge < -0.3 is 9.88 Å². The third kappa shape index (κ3) is 3.28. The van der Waals surface area contributed by atoms with Crippen LogP contribution in [0.2, 0.25) is 0 Å². The lowest BCUT2D eigenvalue weighted by Crippen LogP contribution is -2.39. The number of carbonyl (C=O) groups excluding carboxylic acids is 1. The number of aromatic nitrogens is 5. The number of imidazole rings is 1. The van der Waals surface area contributed by atoms with Crippen molar-refractivity contribution in [1.29, 1.82) is 0 Å². The van der Waals surface area contributed by atoms with Crippen LogP contribution in [0.3, 0.4) is 0 Å². The van der Waals surface area contributed by atoms with Crippen LogP contribution in [0.25, 0.3) is 11.0 Å². The standard InChI is InChI=1S/C19H24N6O3/c1-2-24-17(21-22-19(24)28)13-7-10-23(11-8-13)16(26)9-12-25-15-6-4-3-5-14(15)20-18(25)27/h3-6,13H,2,7-12H2,1H3,(H,20,27)(H,22,28). The molecule has 3 aromatic rings. The second kappa shape index (κ2) is 7.49. The van der Waals surface area contributed by atoms with Crippen LogP contribution in [0.5, 0.6) is 0 Å². The molecule has 1 amide bonds. The zero-order valence-corrected chi connectivity index (χ0v) is 15.9. The summed E-state index contributed by atoms with van der Waals surface area (Å²) in [6.07, 6.45) is 1.85. The predicted octanol–water partition coefficient (Wildman–Crippen LogP) is 1.03. The maximum Gasteiger partial charge on any atom is 0.343 e. The van der Waals surface area contributed by atoms with Gasteiger partial charge in [0.2, 0.25) is 5.91 Å². The van der Waals surface area contributed by atoms with E-state index in [4.69, 9.17) is 0 Å². The van der Waals surface area contributed by atoms with Gasteiger partial charge in [0.1, 0.15) is 5.82 Å². The lowest BCUT2D eigenvalue weighted by molar-refractivity contribution is -0.132. The lowest BCUT2D eigenvalue weighted by atomic mass is 9.95. The van der Waals surface area contributed by atoms with E-state index >= 15 is 0 Å². The van der Waals surface area contributed by atoms with Crippen molar-refractivity contribution in [3.63, 3.8) is 0 Å². The molecule has 0 atom stereocenters. The molecule has 0 aliphatic carbocycles. The second-order valence-electron chi connectivity index (χ2n) is 7.14. The molecule has 0 unspecified atom stereocenters. The minimum atomic E-state index is -0.191. The van der Waals surface area contributed by atoms with Crippen LogP contribution in [0, 0.1) is 0 Å². The normalized spacial score (nSPS) is 15.4. The van der Waals surface area contributed by atoms with Gasteiger partial charge in [0, 0.05) is 38.5 Å². The first-order valence-corrected chi connectivity index (χ1v) is 9.69. The van der Waals surface area contributed by atoms with Gasteiger partial charge in [-0.15, -0.1) is 0 Å². The third-order valence-corrected chi connectivity index (χ3v) is 5.55. The highest BCUT2D eigenvalue weighted by Gasteiger charge is 2.27. The number of aromatic amines is 2. The van der Waals surface area contributed by atoms with Crippen molar-refractivity contribution in [2.45, 2.75) is 45.2 Å². The Kier molecular flexibility index (Phi) is 4.89. The number of H-pyrrole nitrogens is 2. The van der Waals surface area contributed by atoms with Crippen molar-refractivity contribution in [2.24, 2.45) is 0 Å². The molecule has 1 fully saturated rings. The number of nitrogens with one attached hydrogen (secondary N) is 2. The van der Waals surface area contributed by atoms with Crippen molar-refractivity contribution in [2.75, 3.05) is 13.1 Å². The molecule has 9 heteroatoms. The SMILES string of the molecule is CCn1c(C2CCN(C(=O)CCn3c(=O)[nH]c4ccccc43)CC2)n[nH]c1=O. The zero-order chi connectivity index (χ0) is 19.7. The summed E-state index contributed by atoms with van der Waals surface area (Å²) in [5, 5.41) is 6.69. The van der Waals surface area contributed by atoms with E-state index in [1.54, 1.807) is 9.13 Å². The first-order valence-electron chi connectivity index (χ1n) is 9.69. The summed E-state index contributed by atoms with van der Waals surface area (Å²) in [6, 6.07) is 7.48. The molecule has 1 aliphatic heterocycles. The van der Waals surface area contributed by atoms with Crippen LogP contribution in [0.15, 0.2) is 33.9 Å². The first kappa shape index (κ1) is 18.3. The van der Waals surface area contributed by atoms with Gasteiger partial charge in [0.15, 0.2) is 0 Å². The first-order chi connectivity index (χ1) is 13.6. The smallest absolute Gasteiger partial charge is 0.343 e. The van der Waals surface area contributed by atoms with Crippen LogP contribution in [0.4, 0.5) is 0 Å². The minimum absolute atomic E-state index is 0.0468. The average molecular weight is 384 g/mol. The van der Waals surface area contributed by atoms with Crippen molar-refractivity contribution < 1.29 is 4.79 Å². The van der Waals surface area contributed by atoms with E-state index in [1.807, 2.05) is 36.1 Å². The fraction of sp³-hybridized carbons (Fsp3) is 0.474. The number of rotatable bonds is 5. The number of para-hydroxylation sites is 2. The molecule has 1 saturated heterocycles. The molecular formula is C19H24N6O3. The Bertz CT molecular complexity index is 1100. The maximum atomic E-state index is 12.6. The molecule has 0 radical (unpaired) electrons. The summed E-state index contributed by atoms with van der Waals surface area (Å²) in [7, 11) is 0. The number of likely N-dealkylation sites (tertiary alicyclic amines) is 1. The lowest BCUT2D eigenvalue weighted by Gasteiger charge is -2.31. The van der Waals surface area contributed by atoms with Gasteiger partial charge in [-0.25, -0.2) is 14.7 Å². The molecule has 2 aromatic heterocycles. The van der Waals surface area contributed by atoms with Gasteiger partial charge in [-0.3, -0.25) is 13.9 Å². The highest BCUT2D eigenvalue weighted by Crippen LogP contribution is 2.26. The summed E-state index contributed by atoms with van der Waals surface area (Å²) in [6.45, 7) is 4.14. The Morgan fingerprint density at radius 3 is 2.64 bits per heavy atom. The number of fused-ring (bicyclic) bond motifs is 1. The Balaban J connectivity index is 1.37. The van der Waals surface area contributed by atoms with Crippen LogP contribution >= 0.6 is 0 Å². The monoisotopic (exact) mass is 384 g/mol. The maximum absolute atomic E-state index is 12.6. The highest BCUT2D eigenvalue weighted by molar-refractivity contribution is 5.77. The molecule has 4 rings (SSSR count). The number of hydrogen-bond acceptors (Lipinski definition) is 4. The van der Waals surface area contributed by atoms with Crippen molar-refractivity contribution in [3.05, 3.63) is 51.1 Å². The molecule has 0 bridgehead atoms. The number of piperidine rings is 1.